The first-order chi connectivity index (χ1) is 9.84. The summed E-state index contributed by atoms with van der Waals surface area (Å²) in [4.78, 5) is 11.4. The van der Waals surface area contributed by atoms with Crippen molar-refractivity contribution in [2.45, 2.75) is 84.0 Å². The summed E-state index contributed by atoms with van der Waals surface area (Å²) in [6.45, 7) is 2.26. The summed E-state index contributed by atoms with van der Waals surface area (Å²) in [5.74, 6) is 0. The molecule has 114 valence electrons. The Hall–Kier alpha value is -1.05. The molecule has 20 heavy (non-hydrogen) atoms. The molecule has 0 saturated heterocycles. The van der Waals surface area contributed by atoms with Crippen LogP contribution in [0.5, 0.6) is 0 Å². The Balaban J connectivity index is 1.88. The van der Waals surface area contributed by atoms with Crippen molar-refractivity contribution in [3.63, 3.8) is 0 Å². The highest BCUT2D eigenvalue weighted by atomic mass is 16.4. The zero-order chi connectivity index (χ0) is 14.5. The van der Waals surface area contributed by atoms with E-state index in [0.717, 1.165) is 18.4 Å². The van der Waals surface area contributed by atoms with Gasteiger partial charge in [0.25, 0.3) is 0 Å². The fraction of sp³-hybridized carbons (Fsp3) is 0.722. The Labute approximate surface area is 123 Å². The molecule has 0 N–H and O–H groups in total. The number of rotatable bonds is 12. The van der Waals surface area contributed by atoms with Crippen LogP contribution in [0.3, 0.4) is 0 Å². The molecule has 1 aromatic heterocycles. The van der Waals surface area contributed by atoms with Crippen LogP contribution >= 0.6 is 0 Å². The smallest absolute Gasteiger partial charge is 0.338 e. The Morgan fingerprint density at radius 2 is 1.40 bits per heavy atom. The lowest BCUT2D eigenvalue weighted by Crippen LogP contribution is -2.05. The standard InChI is InChI=1S/C18H30O2/c1-2-3-4-5-6-7-8-9-10-11-12-14-17-15-13-16-20-18(17)19/h13,15-16H,2-12,14H2,1H3. The zero-order valence-electron chi connectivity index (χ0n) is 13.0. The molecular weight excluding hydrogens is 248 g/mol. The maximum absolute atomic E-state index is 11.4. The Bertz CT molecular complexity index is 381. The monoisotopic (exact) mass is 278 g/mol. The minimum atomic E-state index is -0.167. The molecule has 0 unspecified atom stereocenters. The van der Waals surface area contributed by atoms with E-state index in [4.69, 9.17) is 4.42 Å². The van der Waals surface area contributed by atoms with Crippen molar-refractivity contribution in [1.82, 2.24) is 0 Å². The Morgan fingerprint density at radius 1 is 0.850 bits per heavy atom. The van der Waals surface area contributed by atoms with Gasteiger partial charge >= 0.3 is 5.63 Å². The van der Waals surface area contributed by atoms with Crippen LogP contribution in [0, 0.1) is 0 Å². The minimum Gasteiger partial charge on any atom is -0.431 e. The molecule has 0 spiro atoms. The summed E-state index contributed by atoms with van der Waals surface area (Å²) >= 11 is 0. The largest absolute Gasteiger partial charge is 0.431 e. The van der Waals surface area contributed by atoms with Crippen LogP contribution < -0.4 is 5.63 Å². The molecular formula is C18H30O2. The number of hydrogen-bond donors (Lipinski definition) is 0. The predicted octanol–water partition coefficient (Wildman–Crippen LogP) is 5.49. The fourth-order valence-electron chi connectivity index (χ4n) is 2.57. The molecule has 0 atom stereocenters. The van der Waals surface area contributed by atoms with Crippen molar-refractivity contribution in [2.75, 3.05) is 0 Å². The van der Waals surface area contributed by atoms with Gasteiger partial charge in [0.2, 0.25) is 0 Å². The summed E-state index contributed by atoms with van der Waals surface area (Å²) in [5, 5.41) is 0. The second-order valence-corrected chi connectivity index (χ2v) is 5.71. The van der Waals surface area contributed by atoms with Crippen molar-refractivity contribution in [3.05, 3.63) is 34.4 Å². The zero-order valence-corrected chi connectivity index (χ0v) is 13.0. The molecule has 1 rings (SSSR count). The lowest BCUT2D eigenvalue weighted by Gasteiger charge is -2.02. The third-order valence-electron chi connectivity index (χ3n) is 3.86. The molecule has 0 amide bonds. The molecule has 2 nitrogen and oxygen atoms in total. The van der Waals surface area contributed by atoms with Crippen molar-refractivity contribution in [2.24, 2.45) is 0 Å². The van der Waals surface area contributed by atoms with E-state index in [1.807, 2.05) is 6.07 Å². The van der Waals surface area contributed by atoms with Gasteiger partial charge in [-0.1, -0.05) is 71.1 Å². The summed E-state index contributed by atoms with van der Waals surface area (Å²) in [5.41, 5.74) is 0.656. The maximum Gasteiger partial charge on any atom is 0.338 e. The first-order valence-electron chi connectivity index (χ1n) is 8.41. The summed E-state index contributed by atoms with van der Waals surface area (Å²) in [7, 11) is 0. The molecule has 0 aliphatic rings. The van der Waals surface area contributed by atoms with Gasteiger partial charge in [-0.2, -0.15) is 0 Å². The number of unbranched alkanes of at least 4 members (excludes halogenated alkanes) is 10. The Morgan fingerprint density at radius 3 is 1.95 bits per heavy atom. The lowest BCUT2D eigenvalue weighted by molar-refractivity contribution is 0.497. The van der Waals surface area contributed by atoms with E-state index in [2.05, 4.69) is 6.92 Å². The quantitative estimate of drug-likeness (QED) is 0.473. The third kappa shape index (κ3) is 8.19. The molecule has 0 bridgehead atoms. The van der Waals surface area contributed by atoms with Gasteiger partial charge in [-0.3, -0.25) is 0 Å². The van der Waals surface area contributed by atoms with Gasteiger partial charge in [-0.15, -0.1) is 0 Å². The minimum absolute atomic E-state index is 0.167. The lowest BCUT2D eigenvalue weighted by atomic mass is 10.0. The van der Waals surface area contributed by atoms with Crippen LogP contribution in [-0.2, 0) is 6.42 Å². The number of hydrogen-bond acceptors (Lipinski definition) is 2. The second-order valence-electron chi connectivity index (χ2n) is 5.71. The third-order valence-corrected chi connectivity index (χ3v) is 3.86. The van der Waals surface area contributed by atoms with Gasteiger partial charge < -0.3 is 4.42 Å². The fourth-order valence-corrected chi connectivity index (χ4v) is 2.57. The van der Waals surface area contributed by atoms with Crippen LogP contribution in [-0.4, -0.2) is 0 Å². The molecule has 1 aromatic rings. The maximum atomic E-state index is 11.4. The van der Waals surface area contributed by atoms with E-state index in [-0.39, 0.29) is 5.63 Å². The van der Waals surface area contributed by atoms with E-state index < -0.39 is 0 Å². The molecule has 0 aliphatic carbocycles. The highest BCUT2D eigenvalue weighted by molar-refractivity contribution is 5.06. The van der Waals surface area contributed by atoms with Crippen LogP contribution in [0.25, 0.3) is 0 Å². The van der Waals surface area contributed by atoms with Crippen LogP contribution in [0.15, 0.2) is 27.6 Å². The summed E-state index contributed by atoms with van der Waals surface area (Å²) in [6, 6.07) is 3.68. The van der Waals surface area contributed by atoms with E-state index in [1.54, 1.807) is 6.07 Å². The molecule has 1 heterocycles. The first kappa shape index (κ1) is 17.0. The summed E-state index contributed by atoms with van der Waals surface area (Å²) in [6.07, 6.45) is 17.0. The molecule has 0 fully saturated rings. The van der Waals surface area contributed by atoms with Gasteiger partial charge in [-0.25, -0.2) is 4.79 Å². The summed E-state index contributed by atoms with van der Waals surface area (Å²) < 4.78 is 4.85. The van der Waals surface area contributed by atoms with Crippen molar-refractivity contribution < 1.29 is 4.42 Å². The van der Waals surface area contributed by atoms with E-state index in [1.165, 1.54) is 70.5 Å². The van der Waals surface area contributed by atoms with Gasteiger partial charge in [-0.05, 0) is 25.0 Å². The molecule has 0 saturated carbocycles. The molecule has 0 aromatic carbocycles. The van der Waals surface area contributed by atoms with Gasteiger partial charge in [0.05, 0.1) is 6.26 Å². The first-order valence-corrected chi connectivity index (χ1v) is 8.41. The van der Waals surface area contributed by atoms with Crippen molar-refractivity contribution in [3.8, 4) is 0 Å². The second kappa shape index (κ2) is 11.7. The highest BCUT2D eigenvalue weighted by Gasteiger charge is 1.99. The average Bonchev–Trinajstić information content (AvgIpc) is 2.46. The topological polar surface area (TPSA) is 30.2 Å². The van der Waals surface area contributed by atoms with Crippen LogP contribution in [0.2, 0.25) is 0 Å². The van der Waals surface area contributed by atoms with Crippen LogP contribution in [0.4, 0.5) is 0 Å². The van der Waals surface area contributed by atoms with E-state index in [0.29, 0.717) is 0 Å². The predicted molar refractivity (Wildman–Crippen MR) is 85.1 cm³/mol. The molecule has 0 aliphatic heterocycles. The highest BCUT2D eigenvalue weighted by Crippen LogP contribution is 2.12. The van der Waals surface area contributed by atoms with Crippen LogP contribution in [0.1, 0.15) is 83.1 Å². The molecule has 2 heteroatoms. The Kier molecular flexibility index (Phi) is 9.99. The van der Waals surface area contributed by atoms with E-state index >= 15 is 0 Å². The van der Waals surface area contributed by atoms with Gasteiger partial charge in [0, 0.05) is 5.56 Å². The van der Waals surface area contributed by atoms with Crippen molar-refractivity contribution >= 4 is 0 Å². The molecule has 0 radical (unpaired) electrons. The van der Waals surface area contributed by atoms with Crippen molar-refractivity contribution in [1.29, 1.82) is 0 Å². The van der Waals surface area contributed by atoms with E-state index in [9.17, 15) is 4.79 Å². The van der Waals surface area contributed by atoms with Gasteiger partial charge in [0.1, 0.15) is 0 Å². The SMILES string of the molecule is CCCCCCCCCCCCCc1cccoc1=O. The number of aryl methyl sites for hydroxylation is 1. The normalized spacial score (nSPS) is 10.8. The average molecular weight is 278 g/mol. The van der Waals surface area contributed by atoms with Gasteiger partial charge in [0.15, 0.2) is 0 Å².